The van der Waals surface area contributed by atoms with Crippen LogP contribution in [-0.2, 0) is 19.5 Å². The lowest BCUT2D eigenvalue weighted by Crippen LogP contribution is -2.26. The van der Waals surface area contributed by atoms with E-state index in [4.69, 9.17) is 17.3 Å². The van der Waals surface area contributed by atoms with Crippen molar-refractivity contribution in [2.24, 2.45) is 11.7 Å². The highest BCUT2D eigenvalue weighted by molar-refractivity contribution is 6.31. The van der Waals surface area contributed by atoms with Crippen molar-refractivity contribution in [3.63, 3.8) is 0 Å². The zero-order valence-corrected chi connectivity index (χ0v) is 26.1. The van der Waals surface area contributed by atoms with Crippen molar-refractivity contribution in [1.82, 2.24) is 9.47 Å². The predicted octanol–water partition coefficient (Wildman–Crippen LogP) is 9.61. The van der Waals surface area contributed by atoms with Crippen LogP contribution in [0.25, 0.3) is 22.0 Å². The van der Waals surface area contributed by atoms with Crippen LogP contribution in [0.4, 0.5) is 13.2 Å². The van der Waals surface area contributed by atoms with Crippen LogP contribution >= 0.6 is 11.6 Å². The molecule has 4 aromatic rings. The quantitative estimate of drug-likeness (QED) is 0.201. The van der Waals surface area contributed by atoms with Crippen LogP contribution in [0.5, 0.6) is 5.75 Å². The predicted molar refractivity (Wildman–Crippen MR) is 174 cm³/mol. The van der Waals surface area contributed by atoms with Gasteiger partial charge in [-0.15, -0.1) is 13.2 Å². The van der Waals surface area contributed by atoms with E-state index in [-0.39, 0.29) is 5.75 Å². The Morgan fingerprint density at radius 3 is 2.41 bits per heavy atom. The first kappa shape index (κ1) is 32.4. The summed E-state index contributed by atoms with van der Waals surface area (Å²) in [6.45, 7) is 4.38. The van der Waals surface area contributed by atoms with Crippen molar-refractivity contribution < 1.29 is 17.9 Å². The number of aryl methyl sites for hydroxylation is 1. The SMILES string of the molecule is NCCCn1cc(-c2ccc(OC(F)(F)F)cc2)c2cc(CN3CCCCCCC(Cc4ccccc4Cl)CCC3)ccc21. The first-order valence-electron chi connectivity index (χ1n) is 15.9. The van der Waals surface area contributed by atoms with Crippen molar-refractivity contribution >= 4 is 22.5 Å². The average Bonchev–Trinajstić information content (AvgIpc) is 3.33. The van der Waals surface area contributed by atoms with Gasteiger partial charge in [0, 0.05) is 40.8 Å². The lowest BCUT2D eigenvalue weighted by Gasteiger charge is -2.23. The number of ether oxygens (including phenoxy) is 1. The highest BCUT2D eigenvalue weighted by atomic mass is 35.5. The minimum absolute atomic E-state index is 0.220. The summed E-state index contributed by atoms with van der Waals surface area (Å²) in [5.74, 6) is 0.428. The summed E-state index contributed by atoms with van der Waals surface area (Å²) in [7, 11) is 0. The van der Waals surface area contributed by atoms with Crippen molar-refractivity contribution in [3.05, 3.63) is 89.1 Å². The highest BCUT2D eigenvalue weighted by Gasteiger charge is 2.31. The number of alkyl halides is 3. The van der Waals surface area contributed by atoms with Crippen LogP contribution in [0.2, 0.25) is 5.02 Å². The molecule has 1 aliphatic heterocycles. The summed E-state index contributed by atoms with van der Waals surface area (Å²) in [4.78, 5) is 2.59. The number of fused-ring (bicyclic) bond motifs is 1. The van der Waals surface area contributed by atoms with E-state index in [1.54, 1.807) is 12.1 Å². The van der Waals surface area contributed by atoms with E-state index in [1.165, 1.54) is 61.8 Å². The zero-order valence-electron chi connectivity index (χ0n) is 25.3. The van der Waals surface area contributed by atoms with E-state index >= 15 is 0 Å². The number of benzene rings is 3. The second-order valence-electron chi connectivity index (χ2n) is 12.1. The fraction of sp³-hybridized carbons (Fsp3) is 0.444. The van der Waals surface area contributed by atoms with E-state index in [0.29, 0.717) is 12.5 Å². The Labute approximate surface area is 263 Å². The van der Waals surface area contributed by atoms with E-state index < -0.39 is 6.36 Å². The maximum atomic E-state index is 12.7. The normalized spacial score (nSPS) is 17.4. The van der Waals surface area contributed by atoms with Gasteiger partial charge >= 0.3 is 6.36 Å². The summed E-state index contributed by atoms with van der Waals surface area (Å²) in [5, 5.41) is 1.97. The van der Waals surface area contributed by atoms with E-state index in [9.17, 15) is 13.2 Å². The van der Waals surface area contributed by atoms with Gasteiger partial charge in [0.2, 0.25) is 0 Å². The Kier molecular flexibility index (Phi) is 11.3. The van der Waals surface area contributed by atoms with Crippen LogP contribution in [0.1, 0.15) is 62.5 Å². The molecule has 0 radical (unpaired) electrons. The second-order valence-corrected chi connectivity index (χ2v) is 12.5. The van der Waals surface area contributed by atoms with Crippen molar-refractivity contribution in [2.75, 3.05) is 19.6 Å². The van der Waals surface area contributed by atoms with Gasteiger partial charge in [0.15, 0.2) is 0 Å². The first-order valence-corrected chi connectivity index (χ1v) is 16.3. The van der Waals surface area contributed by atoms with E-state index in [0.717, 1.165) is 72.5 Å². The molecule has 44 heavy (non-hydrogen) atoms. The van der Waals surface area contributed by atoms with Crippen LogP contribution in [0.3, 0.4) is 0 Å². The van der Waals surface area contributed by atoms with Gasteiger partial charge in [-0.1, -0.05) is 73.7 Å². The Hall–Kier alpha value is -3.00. The van der Waals surface area contributed by atoms with Gasteiger partial charge in [-0.25, -0.2) is 0 Å². The average molecular weight is 626 g/mol. The molecule has 0 aliphatic carbocycles. The summed E-state index contributed by atoms with van der Waals surface area (Å²) in [5.41, 5.74) is 11.3. The van der Waals surface area contributed by atoms with Crippen LogP contribution in [0.15, 0.2) is 72.9 Å². The molecule has 4 nitrogen and oxygen atoms in total. The number of nitrogens with two attached hydrogens (primary N) is 1. The Bertz CT molecular complexity index is 1480. The molecule has 236 valence electrons. The number of aromatic nitrogens is 1. The van der Waals surface area contributed by atoms with Crippen molar-refractivity contribution in [2.45, 2.75) is 77.2 Å². The maximum absolute atomic E-state index is 12.7. The molecule has 1 atom stereocenters. The summed E-state index contributed by atoms with van der Waals surface area (Å²) < 4.78 is 44.5. The molecular formula is C36H43ClF3N3O. The summed E-state index contributed by atoms with van der Waals surface area (Å²) in [6.07, 6.45) is 7.87. The molecule has 8 heteroatoms. The summed E-state index contributed by atoms with van der Waals surface area (Å²) >= 11 is 6.50. The first-order chi connectivity index (χ1) is 21.3. The number of nitrogens with zero attached hydrogens (tertiary/aromatic N) is 2. The van der Waals surface area contributed by atoms with Gasteiger partial charge < -0.3 is 15.0 Å². The van der Waals surface area contributed by atoms with Gasteiger partial charge in [0.25, 0.3) is 0 Å². The van der Waals surface area contributed by atoms with Gasteiger partial charge in [0.1, 0.15) is 5.75 Å². The molecule has 1 aromatic heterocycles. The smallest absolute Gasteiger partial charge is 0.406 e. The van der Waals surface area contributed by atoms with Crippen molar-refractivity contribution in [3.8, 4) is 16.9 Å². The van der Waals surface area contributed by atoms with Gasteiger partial charge in [-0.3, -0.25) is 4.90 Å². The molecule has 1 aliphatic rings. The molecule has 1 unspecified atom stereocenters. The molecule has 0 spiro atoms. The standard InChI is InChI=1S/C36H43ClF3N3O/c37-34-12-5-4-11-30(34)23-27-9-3-1-2-6-20-42(21-7-10-27)25-28-13-18-35-32(24-28)33(26-43(35)22-8-19-41)29-14-16-31(17-15-29)44-36(38,39)40/h4-5,11-18,24,26-27H,1-3,6-10,19-23,25,41H2. The van der Waals surface area contributed by atoms with Gasteiger partial charge in [-0.2, -0.15) is 0 Å². The topological polar surface area (TPSA) is 43.4 Å². The minimum atomic E-state index is -4.71. The number of hydrogen-bond acceptors (Lipinski definition) is 3. The minimum Gasteiger partial charge on any atom is -0.406 e. The molecule has 0 bridgehead atoms. The largest absolute Gasteiger partial charge is 0.573 e. The van der Waals surface area contributed by atoms with E-state index in [2.05, 4.69) is 50.7 Å². The molecule has 2 heterocycles. The molecule has 1 fully saturated rings. The Balaban J connectivity index is 1.33. The molecule has 5 rings (SSSR count). The van der Waals surface area contributed by atoms with Crippen molar-refractivity contribution in [1.29, 1.82) is 0 Å². The second kappa shape index (κ2) is 15.3. The molecule has 3 aromatic carbocycles. The highest BCUT2D eigenvalue weighted by Crippen LogP contribution is 2.34. The Morgan fingerprint density at radius 1 is 0.886 bits per heavy atom. The third-order valence-electron chi connectivity index (χ3n) is 8.74. The molecule has 0 saturated carbocycles. The summed E-state index contributed by atoms with van der Waals surface area (Å²) in [6, 6.07) is 21.1. The maximum Gasteiger partial charge on any atom is 0.573 e. The molecule has 1 saturated heterocycles. The number of hydrogen-bond donors (Lipinski definition) is 1. The van der Waals surface area contributed by atoms with Crippen LogP contribution < -0.4 is 10.5 Å². The number of halogens is 4. The molecule has 0 amide bonds. The lowest BCUT2D eigenvalue weighted by molar-refractivity contribution is -0.274. The third kappa shape index (κ3) is 9.02. The third-order valence-corrected chi connectivity index (χ3v) is 9.11. The Morgan fingerprint density at radius 2 is 1.64 bits per heavy atom. The zero-order chi connectivity index (χ0) is 30.9. The van der Waals surface area contributed by atoms with Crippen LogP contribution in [0, 0.1) is 5.92 Å². The monoisotopic (exact) mass is 625 g/mol. The van der Waals surface area contributed by atoms with E-state index in [1.807, 2.05) is 12.1 Å². The number of rotatable bonds is 9. The van der Waals surface area contributed by atoms with Crippen LogP contribution in [-0.4, -0.2) is 35.5 Å². The fourth-order valence-corrected chi connectivity index (χ4v) is 6.75. The lowest BCUT2D eigenvalue weighted by atomic mass is 9.90. The molecule has 2 N–H and O–H groups in total. The van der Waals surface area contributed by atoms with Gasteiger partial charge in [-0.05, 0) is 105 Å². The fourth-order valence-electron chi connectivity index (χ4n) is 6.53. The van der Waals surface area contributed by atoms with Gasteiger partial charge in [0.05, 0.1) is 0 Å². The molecular weight excluding hydrogens is 583 g/mol.